The van der Waals surface area contributed by atoms with Crippen LogP contribution in [0.15, 0.2) is 43.0 Å². The highest BCUT2D eigenvalue weighted by molar-refractivity contribution is 6.00. The number of para-hydroxylation sites is 1. The number of hydrogen-bond acceptors (Lipinski definition) is 3. The van der Waals surface area contributed by atoms with Gasteiger partial charge < -0.3 is 14.8 Å². The molecule has 126 valence electrons. The Morgan fingerprint density at radius 2 is 2.21 bits per heavy atom. The molecule has 1 fully saturated rings. The zero-order valence-corrected chi connectivity index (χ0v) is 13.8. The number of nitrogens with zero attached hydrogens (tertiary/aromatic N) is 3. The van der Waals surface area contributed by atoms with Crippen LogP contribution in [0.1, 0.15) is 18.4 Å². The molecule has 0 bridgehead atoms. The van der Waals surface area contributed by atoms with Crippen LogP contribution in [0.4, 0.5) is 5.69 Å². The lowest BCUT2D eigenvalue weighted by atomic mass is 10.1. The highest BCUT2D eigenvalue weighted by atomic mass is 16.2. The van der Waals surface area contributed by atoms with E-state index in [1.54, 1.807) is 17.4 Å². The van der Waals surface area contributed by atoms with E-state index >= 15 is 0 Å². The van der Waals surface area contributed by atoms with Gasteiger partial charge in [0, 0.05) is 44.1 Å². The standard InChI is InChI=1S/C18H22N4O2/c1-14-5-2-3-6-16(14)22-12-15(11-17(22)23)18(24)20-7-4-9-21-10-8-19-13-21/h2-3,5-6,8,10,13,15H,4,7,9,11-12H2,1H3,(H,20,24)/t15-/m0/s1. The molecule has 1 aliphatic heterocycles. The monoisotopic (exact) mass is 326 g/mol. The van der Waals surface area contributed by atoms with Gasteiger partial charge in [0.2, 0.25) is 11.8 Å². The predicted octanol–water partition coefficient (Wildman–Crippen LogP) is 1.75. The highest BCUT2D eigenvalue weighted by Gasteiger charge is 2.35. The molecular weight excluding hydrogens is 304 g/mol. The number of carbonyl (C=O) groups is 2. The maximum atomic E-state index is 12.3. The van der Waals surface area contributed by atoms with Gasteiger partial charge in [-0.05, 0) is 25.0 Å². The number of carbonyl (C=O) groups excluding carboxylic acids is 2. The zero-order valence-electron chi connectivity index (χ0n) is 13.8. The number of aryl methyl sites for hydroxylation is 2. The summed E-state index contributed by atoms with van der Waals surface area (Å²) in [6, 6.07) is 7.77. The van der Waals surface area contributed by atoms with E-state index in [9.17, 15) is 9.59 Å². The molecule has 0 radical (unpaired) electrons. The number of aromatic nitrogens is 2. The summed E-state index contributed by atoms with van der Waals surface area (Å²) in [6.45, 7) is 3.86. The highest BCUT2D eigenvalue weighted by Crippen LogP contribution is 2.27. The molecule has 1 aromatic heterocycles. The summed E-state index contributed by atoms with van der Waals surface area (Å²) in [7, 11) is 0. The van der Waals surface area contributed by atoms with Gasteiger partial charge in [-0.3, -0.25) is 9.59 Å². The number of anilines is 1. The first-order chi connectivity index (χ1) is 11.6. The van der Waals surface area contributed by atoms with Crippen LogP contribution in [0, 0.1) is 12.8 Å². The molecule has 0 spiro atoms. The molecule has 1 aromatic carbocycles. The Hall–Kier alpha value is -2.63. The van der Waals surface area contributed by atoms with Gasteiger partial charge in [0.15, 0.2) is 0 Å². The first-order valence-electron chi connectivity index (χ1n) is 8.24. The van der Waals surface area contributed by atoms with Crippen molar-refractivity contribution in [3.63, 3.8) is 0 Å². The third kappa shape index (κ3) is 3.64. The summed E-state index contributed by atoms with van der Waals surface area (Å²) in [4.78, 5) is 30.3. The molecular formula is C18H22N4O2. The van der Waals surface area contributed by atoms with Crippen molar-refractivity contribution in [1.82, 2.24) is 14.9 Å². The predicted molar refractivity (Wildman–Crippen MR) is 91.5 cm³/mol. The van der Waals surface area contributed by atoms with E-state index in [1.165, 1.54) is 0 Å². The maximum Gasteiger partial charge on any atom is 0.227 e. The third-order valence-corrected chi connectivity index (χ3v) is 4.35. The van der Waals surface area contributed by atoms with Crippen molar-refractivity contribution < 1.29 is 9.59 Å². The number of imidazole rings is 1. The second-order valence-corrected chi connectivity index (χ2v) is 6.14. The van der Waals surface area contributed by atoms with Crippen molar-refractivity contribution in [2.24, 2.45) is 5.92 Å². The van der Waals surface area contributed by atoms with Crippen molar-refractivity contribution in [3.8, 4) is 0 Å². The van der Waals surface area contributed by atoms with Gasteiger partial charge >= 0.3 is 0 Å². The van der Waals surface area contributed by atoms with Crippen LogP contribution in [-0.2, 0) is 16.1 Å². The lowest BCUT2D eigenvalue weighted by Crippen LogP contribution is -2.34. The third-order valence-electron chi connectivity index (χ3n) is 4.35. The first-order valence-corrected chi connectivity index (χ1v) is 8.24. The zero-order chi connectivity index (χ0) is 16.9. The van der Waals surface area contributed by atoms with Crippen molar-refractivity contribution in [1.29, 1.82) is 0 Å². The van der Waals surface area contributed by atoms with Crippen LogP contribution in [0.2, 0.25) is 0 Å². The number of amides is 2. The number of hydrogen-bond donors (Lipinski definition) is 1. The molecule has 24 heavy (non-hydrogen) atoms. The fourth-order valence-electron chi connectivity index (χ4n) is 3.02. The largest absolute Gasteiger partial charge is 0.356 e. The van der Waals surface area contributed by atoms with Gasteiger partial charge in [0.25, 0.3) is 0 Å². The second kappa shape index (κ2) is 7.29. The smallest absolute Gasteiger partial charge is 0.227 e. The molecule has 1 aliphatic rings. The molecule has 0 unspecified atom stereocenters. The average Bonchev–Trinajstić information content (AvgIpc) is 3.22. The SMILES string of the molecule is Cc1ccccc1N1C[C@@H](C(=O)NCCCn2ccnc2)CC1=O. The molecule has 2 heterocycles. The molecule has 0 aliphatic carbocycles. The van der Waals surface area contributed by atoms with E-state index in [0.717, 1.165) is 24.2 Å². The van der Waals surface area contributed by atoms with Crippen LogP contribution in [0.25, 0.3) is 0 Å². The van der Waals surface area contributed by atoms with E-state index in [-0.39, 0.29) is 24.2 Å². The van der Waals surface area contributed by atoms with Gasteiger partial charge in [-0.1, -0.05) is 18.2 Å². The summed E-state index contributed by atoms with van der Waals surface area (Å²) >= 11 is 0. The quantitative estimate of drug-likeness (QED) is 0.823. The van der Waals surface area contributed by atoms with Crippen molar-refractivity contribution in [2.45, 2.75) is 26.3 Å². The van der Waals surface area contributed by atoms with E-state index in [0.29, 0.717) is 13.1 Å². The van der Waals surface area contributed by atoms with E-state index < -0.39 is 0 Å². The summed E-state index contributed by atoms with van der Waals surface area (Å²) in [5, 5.41) is 2.94. The first kappa shape index (κ1) is 16.2. The Bertz CT molecular complexity index is 712. The van der Waals surface area contributed by atoms with Crippen molar-refractivity contribution in [2.75, 3.05) is 18.0 Å². The topological polar surface area (TPSA) is 67.2 Å². The number of rotatable bonds is 6. The molecule has 6 nitrogen and oxygen atoms in total. The molecule has 6 heteroatoms. The van der Waals surface area contributed by atoms with Crippen LogP contribution in [0.5, 0.6) is 0 Å². The van der Waals surface area contributed by atoms with Crippen LogP contribution in [0.3, 0.4) is 0 Å². The Morgan fingerprint density at radius 1 is 1.38 bits per heavy atom. The van der Waals surface area contributed by atoms with Crippen molar-refractivity contribution >= 4 is 17.5 Å². The Labute approximate surface area is 141 Å². The molecule has 1 atom stereocenters. The average molecular weight is 326 g/mol. The normalized spacial score (nSPS) is 17.3. The minimum absolute atomic E-state index is 0.0165. The fourth-order valence-corrected chi connectivity index (χ4v) is 3.02. The van der Waals surface area contributed by atoms with Gasteiger partial charge in [0.05, 0.1) is 12.2 Å². The molecule has 3 rings (SSSR count). The summed E-state index contributed by atoms with van der Waals surface area (Å²) in [5.41, 5.74) is 1.95. The Morgan fingerprint density at radius 3 is 2.96 bits per heavy atom. The van der Waals surface area contributed by atoms with Crippen molar-refractivity contribution in [3.05, 3.63) is 48.5 Å². The van der Waals surface area contributed by atoms with E-state index in [2.05, 4.69) is 10.3 Å². The van der Waals surface area contributed by atoms with E-state index in [4.69, 9.17) is 0 Å². The van der Waals surface area contributed by atoms with E-state index in [1.807, 2.05) is 42.0 Å². The molecule has 1 N–H and O–H groups in total. The van der Waals surface area contributed by atoms with Crippen LogP contribution in [-0.4, -0.2) is 34.5 Å². The summed E-state index contributed by atoms with van der Waals surface area (Å²) in [6.07, 6.45) is 6.52. The lowest BCUT2D eigenvalue weighted by Gasteiger charge is -2.19. The van der Waals surface area contributed by atoms with Gasteiger partial charge in [-0.15, -0.1) is 0 Å². The van der Waals surface area contributed by atoms with Crippen LogP contribution < -0.4 is 10.2 Å². The summed E-state index contributed by atoms with van der Waals surface area (Å²) < 4.78 is 1.98. The Balaban J connectivity index is 1.50. The molecule has 1 saturated heterocycles. The Kier molecular flexibility index (Phi) is 4.93. The minimum atomic E-state index is -0.273. The minimum Gasteiger partial charge on any atom is -0.356 e. The van der Waals surface area contributed by atoms with Gasteiger partial charge in [0.1, 0.15) is 0 Å². The summed E-state index contributed by atoms with van der Waals surface area (Å²) in [5.74, 6) is -0.293. The molecule has 2 amide bonds. The molecule has 0 saturated carbocycles. The fraction of sp³-hybridized carbons (Fsp3) is 0.389. The second-order valence-electron chi connectivity index (χ2n) is 6.14. The maximum absolute atomic E-state index is 12.3. The lowest BCUT2D eigenvalue weighted by molar-refractivity contribution is -0.126. The molecule has 2 aromatic rings. The van der Waals surface area contributed by atoms with Crippen LogP contribution >= 0.6 is 0 Å². The van der Waals surface area contributed by atoms with Gasteiger partial charge in [-0.2, -0.15) is 0 Å². The number of benzene rings is 1. The van der Waals surface area contributed by atoms with Gasteiger partial charge in [-0.25, -0.2) is 4.98 Å². The number of nitrogens with one attached hydrogen (secondary N) is 1.